The molecule has 0 saturated heterocycles. The maximum atomic E-state index is 12.0. The molecule has 0 aliphatic heterocycles. The summed E-state index contributed by atoms with van der Waals surface area (Å²) in [5.41, 5.74) is -0.0360. The van der Waals surface area contributed by atoms with E-state index in [4.69, 9.17) is 11.6 Å². The summed E-state index contributed by atoms with van der Waals surface area (Å²) < 4.78 is 0.768. The van der Waals surface area contributed by atoms with Gasteiger partial charge in [-0.1, -0.05) is 27.5 Å². The van der Waals surface area contributed by atoms with Crippen molar-refractivity contribution in [3.05, 3.63) is 61.7 Å². The maximum Gasteiger partial charge on any atom is 0.287 e. The van der Waals surface area contributed by atoms with Crippen molar-refractivity contribution in [1.29, 1.82) is 0 Å². The molecular formula is C12H7BrClN3O3. The van der Waals surface area contributed by atoms with Crippen LogP contribution in [0.5, 0.6) is 0 Å². The van der Waals surface area contributed by atoms with Crippen LogP contribution < -0.4 is 5.32 Å². The van der Waals surface area contributed by atoms with Gasteiger partial charge < -0.3 is 5.32 Å². The smallest absolute Gasteiger partial charge is 0.287 e. The van der Waals surface area contributed by atoms with E-state index in [0.717, 1.165) is 4.47 Å². The third kappa shape index (κ3) is 3.31. The van der Waals surface area contributed by atoms with Crippen molar-refractivity contribution in [2.45, 2.75) is 0 Å². The highest BCUT2D eigenvalue weighted by Gasteiger charge is 2.15. The molecular weight excluding hydrogens is 350 g/mol. The van der Waals surface area contributed by atoms with Crippen molar-refractivity contribution >= 4 is 44.9 Å². The van der Waals surface area contributed by atoms with Gasteiger partial charge in [0, 0.05) is 22.3 Å². The number of anilines is 1. The zero-order chi connectivity index (χ0) is 14.7. The van der Waals surface area contributed by atoms with E-state index < -0.39 is 10.8 Å². The van der Waals surface area contributed by atoms with Crippen molar-refractivity contribution < 1.29 is 9.72 Å². The van der Waals surface area contributed by atoms with Crippen molar-refractivity contribution in [3.8, 4) is 0 Å². The minimum absolute atomic E-state index is 0.0927. The standard InChI is InChI=1S/C12H7BrClN3O3/c13-8-3-4-15-11(6-8)16-12(18)7-1-2-10(17(19)20)9(14)5-7/h1-6H,(H,15,16,18). The monoisotopic (exact) mass is 355 g/mol. The lowest BCUT2D eigenvalue weighted by Gasteiger charge is -2.05. The number of rotatable bonds is 3. The molecule has 1 amide bonds. The molecule has 102 valence electrons. The molecule has 0 atom stereocenters. The fourth-order valence-corrected chi connectivity index (χ4v) is 2.04. The van der Waals surface area contributed by atoms with Gasteiger partial charge in [-0.05, 0) is 24.3 Å². The highest BCUT2D eigenvalue weighted by Crippen LogP contribution is 2.25. The van der Waals surface area contributed by atoms with Crippen LogP contribution in [-0.2, 0) is 0 Å². The van der Waals surface area contributed by atoms with Crippen LogP contribution in [0.4, 0.5) is 11.5 Å². The largest absolute Gasteiger partial charge is 0.307 e. The molecule has 0 unspecified atom stereocenters. The summed E-state index contributed by atoms with van der Waals surface area (Å²) in [5.74, 6) is -0.0914. The van der Waals surface area contributed by atoms with Crippen LogP contribution in [0.1, 0.15) is 10.4 Å². The Balaban J connectivity index is 2.22. The number of nitrogens with zero attached hydrogens (tertiary/aromatic N) is 2. The van der Waals surface area contributed by atoms with Gasteiger partial charge in [0.05, 0.1) is 4.92 Å². The van der Waals surface area contributed by atoms with E-state index in [0.29, 0.717) is 5.82 Å². The van der Waals surface area contributed by atoms with E-state index >= 15 is 0 Å². The molecule has 6 nitrogen and oxygen atoms in total. The van der Waals surface area contributed by atoms with Crippen molar-refractivity contribution in [2.75, 3.05) is 5.32 Å². The summed E-state index contributed by atoms with van der Waals surface area (Å²) in [4.78, 5) is 26.0. The van der Waals surface area contributed by atoms with Crippen LogP contribution in [0.2, 0.25) is 5.02 Å². The average molecular weight is 357 g/mol. The molecule has 1 N–H and O–H groups in total. The lowest BCUT2D eigenvalue weighted by atomic mass is 10.2. The summed E-state index contributed by atoms with van der Waals surface area (Å²) in [6.45, 7) is 0. The number of pyridine rings is 1. The normalized spacial score (nSPS) is 10.1. The van der Waals surface area contributed by atoms with Crippen LogP contribution >= 0.6 is 27.5 Å². The Labute approximate surface area is 127 Å². The summed E-state index contributed by atoms with van der Waals surface area (Å²) in [6, 6.07) is 7.11. The van der Waals surface area contributed by atoms with E-state index in [9.17, 15) is 14.9 Å². The third-order valence-electron chi connectivity index (χ3n) is 2.37. The molecule has 1 aromatic heterocycles. The van der Waals surface area contributed by atoms with E-state index in [1.165, 1.54) is 24.4 Å². The SMILES string of the molecule is O=C(Nc1cc(Br)ccn1)c1ccc([N+](=O)[O-])c(Cl)c1. The van der Waals surface area contributed by atoms with Gasteiger partial charge in [0.25, 0.3) is 11.6 Å². The molecule has 0 fully saturated rings. The molecule has 0 aliphatic carbocycles. The summed E-state index contributed by atoms with van der Waals surface area (Å²) >= 11 is 9.01. The molecule has 2 aromatic rings. The van der Waals surface area contributed by atoms with Crippen LogP contribution in [0.25, 0.3) is 0 Å². The van der Waals surface area contributed by atoms with Crippen molar-refractivity contribution in [1.82, 2.24) is 4.98 Å². The Morgan fingerprint density at radius 3 is 2.70 bits per heavy atom. The molecule has 1 aromatic carbocycles. The quantitative estimate of drug-likeness (QED) is 0.672. The molecule has 0 saturated carbocycles. The summed E-state index contributed by atoms with van der Waals surface area (Å²) in [6.07, 6.45) is 1.53. The Morgan fingerprint density at radius 2 is 2.10 bits per heavy atom. The number of aromatic nitrogens is 1. The Hall–Kier alpha value is -1.99. The van der Waals surface area contributed by atoms with E-state index in [1.807, 2.05) is 0 Å². The van der Waals surface area contributed by atoms with Gasteiger partial charge >= 0.3 is 0 Å². The lowest BCUT2D eigenvalue weighted by Crippen LogP contribution is -2.13. The van der Waals surface area contributed by atoms with Crippen LogP contribution in [-0.4, -0.2) is 15.8 Å². The summed E-state index contributed by atoms with van der Waals surface area (Å²) in [5, 5.41) is 13.1. The topological polar surface area (TPSA) is 85.1 Å². The first-order valence-electron chi connectivity index (χ1n) is 5.34. The number of halogens is 2. The second kappa shape index (κ2) is 5.98. The molecule has 0 bridgehead atoms. The predicted octanol–water partition coefficient (Wildman–Crippen LogP) is 3.66. The van der Waals surface area contributed by atoms with Gasteiger partial charge in [-0.15, -0.1) is 0 Å². The van der Waals surface area contributed by atoms with Crippen molar-refractivity contribution in [2.24, 2.45) is 0 Å². The fourth-order valence-electron chi connectivity index (χ4n) is 1.46. The third-order valence-corrected chi connectivity index (χ3v) is 3.17. The van der Waals surface area contributed by atoms with Crippen LogP contribution in [0, 0.1) is 10.1 Å². The molecule has 0 spiro atoms. The average Bonchev–Trinajstić information content (AvgIpc) is 2.38. The molecule has 0 radical (unpaired) electrons. The molecule has 20 heavy (non-hydrogen) atoms. The van der Waals surface area contributed by atoms with Gasteiger partial charge in [0.2, 0.25) is 0 Å². The highest BCUT2D eigenvalue weighted by molar-refractivity contribution is 9.10. The molecule has 2 rings (SSSR count). The summed E-state index contributed by atoms with van der Waals surface area (Å²) in [7, 11) is 0. The number of carbonyl (C=O) groups excluding carboxylic acids is 1. The molecule has 8 heteroatoms. The van der Waals surface area contributed by atoms with Gasteiger partial charge in [-0.3, -0.25) is 14.9 Å². The number of hydrogen-bond acceptors (Lipinski definition) is 4. The zero-order valence-electron chi connectivity index (χ0n) is 9.84. The van der Waals surface area contributed by atoms with Gasteiger partial charge in [0.1, 0.15) is 10.8 Å². The number of nitro groups is 1. The van der Waals surface area contributed by atoms with Crippen LogP contribution in [0.3, 0.4) is 0 Å². The van der Waals surface area contributed by atoms with Gasteiger partial charge in [0.15, 0.2) is 0 Å². The Morgan fingerprint density at radius 1 is 1.35 bits per heavy atom. The molecule has 1 heterocycles. The maximum absolute atomic E-state index is 12.0. The lowest BCUT2D eigenvalue weighted by molar-refractivity contribution is -0.384. The minimum Gasteiger partial charge on any atom is -0.307 e. The number of benzene rings is 1. The van der Waals surface area contributed by atoms with Crippen LogP contribution in [0.15, 0.2) is 41.0 Å². The van der Waals surface area contributed by atoms with Crippen molar-refractivity contribution in [3.63, 3.8) is 0 Å². The number of amides is 1. The predicted molar refractivity (Wildman–Crippen MR) is 78.0 cm³/mol. The second-order valence-electron chi connectivity index (χ2n) is 3.74. The number of carbonyl (C=O) groups is 1. The molecule has 0 aliphatic rings. The first-order valence-corrected chi connectivity index (χ1v) is 6.51. The fraction of sp³-hybridized carbons (Fsp3) is 0. The Bertz CT molecular complexity index is 693. The van der Waals surface area contributed by atoms with E-state index in [2.05, 4.69) is 26.2 Å². The Kier molecular flexibility index (Phi) is 4.31. The van der Waals surface area contributed by atoms with E-state index in [1.54, 1.807) is 12.1 Å². The minimum atomic E-state index is -0.611. The van der Waals surface area contributed by atoms with Gasteiger partial charge in [-0.2, -0.15) is 0 Å². The highest BCUT2D eigenvalue weighted by atomic mass is 79.9. The zero-order valence-corrected chi connectivity index (χ0v) is 12.2. The second-order valence-corrected chi connectivity index (χ2v) is 5.06. The first kappa shape index (κ1) is 14.4. The number of hydrogen-bond donors (Lipinski definition) is 1. The van der Waals surface area contributed by atoms with Gasteiger partial charge in [-0.25, -0.2) is 4.98 Å². The number of nitrogens with one attached hydrogen (secondary N) is 1. The van der Waals surface area contributed by atoms with E-state index in [-0.39, 0.29) is 16.3 Å². The number of nitro benzene ring substituents is 1. The first-order chi connectivity index (χ1) is 9.47.